The van der Waals surface area contributed by atoms with Crippen molar-refractivity contribution in [3.05, 3.63) is 70.1 Å². The highest BCUT2D eigenvalue weighted by molar-refractivity contribution is 7.90. The molecular weight excluding hydrogens is 456 g/mol. The van der Waals surface area contributed by atoms with Crippen LogP contribution in [0.5, 0.6) is 5.75 Å². The molecule has 1 atom stereocenters. The molecule has 1 heterocycles. The maximum absolute atomic E-state index is 13.3. The Morgan fingerprint density at radius 2 is 1.84 bits per heavy atom. The van der Waals surface area contributed by atoms with Gasteiger partial charge in [-0.05, 0) is 49.7 Å². The van der Waals surface area contributed by atoms with Crippen LogP contribution in [-0.4, -0.2) is 53.0 Å². The number of benzene rings is 2. The summed E-state index contributed by atoms with van der Waals surface area (Å²) >= 11 is 6.03. The molecule has 10 heteroatoms. The predicted octanol–water partition coefficient (Wildman–Crippen LogP) is 2.47. The molecule has 0 fully saturated rings. The third kappa shape index (κ3) is 5.36. The van der Waals surface area contributed by atoms with Crippen molar-refractivity contribution in [2.45, 2.75) is 30.4 Å². The number of sulfone groups is 1. The van der Waals surface area contributed by atoms with Crippen LogP contribution in [0.25, 0.3) is 16.8 Å². The van der Waals surface area contributed by atoms with E-state index in [2.05, 4.69) is 5.10 Å². The topological polar surface area (TPSA) is 119 Å². The molecule has 0 aliphatic carbocycles. The molecule has 8 nitrogen and oxygen atoms in total. The lowest BCUT2D eigenvalue weighted by molar-refractivity contribution is -0.0663. The standard InChI is InChI=1S/C22H23ClN2O6S/c1-22(2,28)19(26)13-31-20-18(14-7-9-17(10-8-14)32(3,29)30)12-24-25(21(20)27)16-6-4-5-15(23)11-16/h4-12,19,26,28H,13H2,1-3H3. The zero-order valence-electron chi connectivity index (χ0n) is 17.7. The van der Waals surface area contributed by atoms with Crippen molar-refractivity contribution in [3.8, 4) is 22.6 Å². The van der Waals surface area contributed by atoms with Crippen molar-refractivity contribution in [2.24, 2.45) is 0 Å². The number of aliphatic hydroxyl groups excluding tert-OH is 1. The van der Waals surface area contributed by atoms with Crippen molar-refractivity contribution in [1.82, 2.24) is 9.78 Å². The maximum atomic E-state index is 13.3. The molecule has 3 aromatic rings. The van der Waals surface area contributed by atoms with Crippen LogP contribution in [0.2, 0.25) is 5.02 Å². The zero-order valence-corrected chi connectivity index (χ0v) is 19.3. The van der Waals surface area contributed by atoms with E-state index in [0.29, 0.717) is 21.8 Å². The average Bonchev–Trinajstić information content (AvgIpc) is 2.71. The molecule has 170 valence electrons. The second-order valence-corrected chi connectivity index (χ2v) is 10.3. The lowest BCUT2D eigenvalue weighted by Gasteiger charge is -2.24. The number of aliphatic hydroxyl groups is 2. The van der Waals surface area contributed by atoms with E-state index in [1.54, 1.807) is 24.3 Å². The Morgan fingerprint density at radius 3 is 2.41 bits per heavy atom. The van der Waals surface area contributed by atoms with Crippen molar-refractivity contribution < 1.29 is 23.4 Å². The highest BCUT2D eigenvalue weighted by atomic mass is 35.5. The quantitative estimate of drug-likeness (QED) is 0.535. The Kier molecular flexibility index (Phi) is 6.75. The normalized spacial score (nSPS) is 13.1. The van der Waals surface area contributed by atoms with E-state index in [0.717, 1.165) is 10.9 Å². The molecule has 0 saturated carbocycles. The molecule has 0 aliphatic heterocycles. The van der Waals surface area contributed by atoms with E-state index < -0.39 is 27.1 Å². The van der Waals surface area contributed by atoms with Crippen LogP contribution < -0.4 is 10.3 Å². The van der Waals surface area contributed by atoms with E-state index in [1.807, 2.05) is 0 Å². The van der Waals surface area contributed by atoms with Crippen molar-refractivity contribution in [1.29, 1.82) is 0 Å². The molecule has 3 rings (SSSR count). The van der Waals surface area contributed by atoms with Gasteiger partial charge in [0, 0.05) is 16.8 Å². The van der Waals surface area contributed by atoms with E-state index in [9.17, 15) is 23.4 Å². The van der Waals surface area contributed by atoms with Crippen LogP contribution in [0.15, 0.2) is 64.4 Å². The minimum absolute atomic E-state index is 0.115. The predicted molar refractivity (Wildman–Crippen MR) is 121 cm³/mol. The van der Waals surface area contributed by atoms with Crippen LogP contribution in [0.1, 0.15) is 13.8 Å². The summed E-state index contributed by atoms with van der Waals surface area (Å²) < 4.78 is 30.3. The van der Waals surface area contributed by atoms with Gasteiger partial charge in [0.15, 0.2) is 15.6 Å². The first-order chi connectivity index (χ1) is 14.9. The molecule has 0 aliphatic rings. The summed E-state index contributed by atoms with van der Waals surface area (Å²) in [6.07, 6.45) is 1.24. The molecule has 0 spiro atoms. The molecule has 0 bridgehead atoms. The van der Waals surface area contributed by atoms with E-state index >= 15 is 0 Å². The fourth-order valence-electron chi connectivity index (χ4n) is 2.82. The van der Waals surface area contributed by atoms with Gasteiger partial charge in [0.1, 0.15) is 12.7 Å². The molecular formula is C22H23ClN2O6S. The number of rotatable bonds is 7. The fraction of sp³-hybridized carbons (Fsp3) is 0.273. The Morgan fingerprint density at radius 1 is 1.19 bits per heavy atom. The van der Waals surface area contributed by atoms with Gasteiger partial charge in [0.2, 0.25) is 0 Å². The minimum Gasteiger partial charge on any atom is -0.484 e. The highest BCUT2D eigenvalue weighted by Crippen LogP contribution is 2.28. The summed E-state index contributed by atoms with van der Waals surface area (Å²) in [5, 5.41) is 24.8. The zero-order chi connectivity index (χ0) is 23.7. The summed E-state index contributed by atoms with van der Waals surface area (Å²) in [6, 6.07) is 12.5. The molecule has 32 heavy (non-hydrogen) atoms. The lowest BCUT2D eigenvalue weighted by atomic mass is 10.0. The minimum atomic E-state index is -3.39. The summed E-state index contributed by atoms with van der Waals surface area (Å²) in [5.74, 6) is -0.115. The third-order valence-corrected chi connectivity index (χ3v) is 6.14. The van der Waals surface area contributed by atoms with Crippen LogP contribution in [0, 0.1) is 0 Å². The first-order valence-corrected chi connectivity index (χ1v) is 11.9. The molecule has 1 aromatic heterocycles. The number of hydrogen-bond acceptors (Lipinski definition) is 7. The first kappa shape index (κ1) is 23.9. The second-order valence-electron chi connectivity index (χ2n) is 7.86. The van der Waals surface area contributed by atoms with Crippen LogP contribution in [0.4, 0.5) is 0 Å². The van der Waals surface area contributed by atoms with Gasteiger partial charge in [-0.25, -0.2) is 8.42 Å². The second kappa shape index (κ2) is 9.03. The number of hydrogen-bond donors (Lipinski definition) is 2. The first-order valence-electron chi connectivity index (χ1n) is 9.60. The van der Waals surface area contributed by atoms with Gasteiger partial charge in [-0.2, -0.15) is 9.78 Å². The number of aromatic nitrogens is 2. The lowest BCUT2D eigenvalue weighted by Crippen LogP contribution is -2.40. The monoisotopic (exact) mass is 478 g/mol. The van der Waals surface area contributed by atoms with Gasteiger partial charge < -0.3 is 14.9 Å². The Balaban J connectivity index is 2.12. The van der Waals surface area contributed by atoms with E-state index in [4.69, 9.17) is 16.3 Å². The van der Waals surface area contributed by atoms with Crippen LogP contribution in [-0.2, 0) is 9.84 Å². The van der Waals surface area contributed by atoms with Gasteiger partial charge in [0.05, 0.1) is 22.4 Å². The highest BCUT2D eigenvalue weighted by Gasteiger charge is 2.26. The van der Waals surface area contributed by atoms with Crippen LogP contribution in [0.3, 0.4) is 0 Å². The number of ether oxygens (including phenoxy) is 1. The molecule has 0 amide bonds. The molecule has 0 radical (unpaired) electrons. The average molecular weight is 479 g/mol. The van der Waals surface area contributed by atoms with Crippen molar-refractivity contribution in [3.63, 3.8) is 0 Å². The van der Waals surface area contributed by atoms with E-state index in [1.165, 1.54) is 44.3 Å². The summed E-state index contributed by atoms with van der Waals surface area (Å²) in [4.78, 5) is 13.4. The maximum Gasteiger partial charge on any atom is 0.314 e. The van der Waals surface area contributed by atoms with Crippen molar-refractivity contribution in [2.75, 3.05) is 12.9 Å². The van der Waals surface area contributed by atoms with Gasteiger partial charge in [-0.15, -0.1) is 0 Å². The molecule has 1 unspecified atom stereocenters. The van der Waals surface area contributed by atoms with Gasteiger partial charge in [0.25, 0.3) is 0 Å². The molecule has 2 N–H and O–H groups in total. The van der Waals surface area contributed by atoms with Gasteiger partial charge >= 0.3 is 5.56 Å². The van der Waals surface area contributed by atoms with Gasteiger partial charge in [-0.1, -0.05) is 29.8 Å². The summed E-state index contributed by atoms with van der Waals surface area (Å²) in [6.45, 7) is 2.48. The Bertz CT molecular complexity index is 1280. The fourth-order valence-corrected chi connectivity index (χ4v) is 3.64. The molecule has 2 aromatic carbocycles. The SMILES string of the molecule is CC(C)(O)C(O)COc1c(-c2ccc(S(C)(=O)=O)cc2)cnn(-c2cccc(Cl)c2)c1=O. The Hall–Kier alpha value is -2.72. The third-order valence-electron chi connectivity index (χ3n) is 4.78. The van der Waals surface area contributed by atoms with Crippen molar-refractivity contribution >= 4 is 21.4 Å². The summed E-state index contributed by atoms with van der Waals surface area (Å²) in [5.41, 5.74) is -0.852. The number of halogens is 1. The van der Waals surface area contributed by atoms with E-state index in [-0.39, 0.29) is 17.3 Å². The Labute approximate surface area is 190 Å². The smallest absolute Gasteiger partial charge is 0.314 e. The number of nitrogens with zero attached hydrogens (tertiary/aromatic N) is 2. The van der Waals surface area contributed by atoms with Crippen LogP contribution >= 0.6 is 11.6 Å². The summed E-state index contributed by atoms with van der Waals surface area (Å²) in [7, 11) is -3.39. The van der Waals surface area contributed by atoms with Gasteiger partial charge in [-0.3, -0.25) is 4.79 Å². The molecule has 0 saturated heterocycles. The largest absolute Gasteiger partial charge is 0.484 e.